The molecule has 0 bridgehead atoms. The lowest BCUT2D eigenvalue weighted by molar-refractivity contribution is -0.139. The molecule has 2 aliphatic rings. The number of anilines is 1. The minimum Gasteiger partial charge on any atom is -0.462 e. The molecular weight excluding hydrogens is 410 g/mol. The maximum absolute atomic E-state index is 13.0. The zero-order valence-electron chi connectivity index (χ0n) is 19.1. The highest BCUT2D eigenvalue weighted by Crippen LogP contribution is 2.26. The van der Waals surface area contributed by atoms with Crippen LogP contribution < -0.4 is 10.2 Å². The first-order valence-electron chi connectivity index (χ1n) is 11.5. The van der Waals surface area contributed by atoms with Crippen LogP contribution in [0, 0.1) is 11.8 Å². The van der Waals surface area contributed by atoms with Crippen molar-refractivity contribution in [2.75, 3.05) is 31.1 Å². The fraction of sp³-hybridized carbons (Fsp3) is 0.583. The van der Waals surface area contributed by atoms with E-state index in [-0.39, 0.29) is 36.6 Å². The van der Waals surface area contributed by atoms with Crippen molar-refractivity contribution in [2.45, 2.75) is 52.5 Å². The number of hydrogen-bond donors (Lipinski definition) is 1. The van der Waals surface area contributed by atoms with E-state index in [9.17, 15) is 19.2 Å². The number of carbonyl (C=O) groups excluding carboxylic acids is 4. The molecule has 0 spiro atoms. The molecule has 174 valence electrons. The Bertz CT molecular complexity index is 846. The Morgan fingerprint density at radius 3 is 2.34 bits per heavy atom. The Balaban J connectivity index is 1.63. The number of amides is 3. The molecule has 0 aliphatic carbocycles. The van der Waals surface area contributed by atoms with Crippen molar-refractivity contribution in [3.63, 3.8) is 0 Å². The molecular formula is C24H33N3O5. The van der Waals surface area contributed by atoms with Crippen LogP contribution in [0.15, 0.2) is 24.3 Å². The number of piperidine rings is 1. The van der Waals surface area contributed by atoms with Crippen LogP contribution in [0.4, 0.5) is 5.69 Å². The molecule has 32 heavy (non-hydrogen) atoms. The van der Waals surface area contributed by atoms with Crippen molar-refractivity contribution < 1.29 is 23.9 Å². The highest BCUT2D eigenvalue weighted by atomic mass is 16.5. The third-order valence-electron chi connectivity index (χ3n) is 6.08. The summed E-state index contributed by atoms with van der Waals surface area (Å²) in [5, 5.41) is 2.92. The molecule has 8 heteroatoms. The van der Waals surface area contributed by atoms with E-state index < -0.39 is 17.9 Å². The SMILES string of the molecule is CCOC(=O)c1ccc(N2CC(C(=O)NC(C(=O)N3CCCCC3)C(C)C)CC2=O)cc1. The number of hydrogen-bond acceptors (Lipinski definition) is 5. The van der Waals surface area contributed by atoms with Crippen LogP contribution in [0.3, 0.4) is 0 Å². The molecule has 3 amide bonds. The van der Waals surface area contributed by atoms with Gasteiger partial charge in [-0.15, -0.1) is 0 Å². The molecule has 2 fully saturated rings. The molecule has 2 saturated heterocycles. The topological polar surface area (TPSA) is 96.0 Å². The molecule has 1 aromatic carbocycles. The van der Waals surface area contributed by atoms with Gasteiger partial charge in [0.15, 0.2) is 0 Å². The molecule has 8 nitrogen and oxygen atoms in total. The maximum Gasteiger partial charge on any atom is 0.338 e. The van der Waals surface area contributed by atoms with Crippen molar-refractivity contribution in [1.29, 1.82) is 0 Å². The monoisotopic (exact) mass is 443 g/mol. The van der Waals surface area contributed by atoms with Crippen molar-refractivity contribution >= 4 is 29.4 Å². The second kappa shape index (κ2) is 10.6. The summed E-state index contributed by atoms with van der Waals surface area (Å²) >= 11 is 0. The van der Waals surface area contributed by atoms with Gasteiger partial charge in [-0.1, -0.05) is 13.8 Å². The Morgan fingerprint density at radius 2 is 1.75 bits per heavy atom. The minimum atomic E-state index is -0.589. The number of carbonyl (C=O) groups is 4. The van der Waals surface area contributed by atoms with Crippen LogP contribution in [0.25, 0.3) is 0 Å². The number of rotatable bonds is 7. The maximum atomic E-state index is 13.0. The van der Waals surface area contributed by atoms with Crippen LogP contribution in [-0.4, -0.2) is 60.9 Å². The highest BCUT2D eigenvalue weighted by Gasteiger charge is 2.38. The molecule has 2 heterocycles. The summed E-state index contributed by atoms with van der Waals surface area (Å²) in [5.74, 6) is -1.45. The number of ether oxygens (including phenoxy) is 1. The van der Waals surface area contributed by atoms with Crippen molar-refractivity contribution in [2.24, 2.45) is 11.8 Å². The van der Waals surface area contributed by atoms with Crippen LogP contribution in [-0.2, 0) is 19.1 Å². The van der Waals surface area contributed by atoms with E-state index in [1.165, 1.54) is 0 Å². The smallest absolute Gasteiger partial charge is 0.338 e. The van der Waals surface area contributed by atoms with E-state index in [2.05, 4.69) is 5.32 Å². The molecule has 2 unspecified atom stereocenters. The largest absolute Gasteiger partial charge is 0.462 e. The molecule has 0 radical (unpaired) electrons. The van der Waals surface area contributed by atoms with Crippen molar-refractivity contribution in [3.8, 4) is 0 Å². The van der Waals surface area contributed by atoms with Crippen LogP contribution in [0.1, 0.15) is 56.8 Å². The summed E-state index contributed by atoms with van der Waals surface area (Å²) in [6.45, 7) is 7.58. The van der Waals surface area contributed by atoms with Gasteiger partial charge in [-0.05, 0) is 56.4 Å². The average Bonchev–Trinajstić information content (AvgIpc) is 3.19. The highest BCUT2D eigenvalue weighted by molar-refractivity contribution is 6.01. The zero-order chi connectivity index (χ0) is 23.3. The Morgan fingerprint density at radius 1 is 1.09 bits per heavy atom. The van der Waals surface area contributed by atoms with Gasteiger partial charge >= 0.3 is 5.97 Å². The predicted molar refractivity (Wildman–Crippen MR) is 120 cm³/mol. The summed E-state index contributed by atoms with van der Waals surface area (Å²) in [4.78, 5) is 53.7. The van der Waals surface area contributed by atoms with Gasteiger partial charge in [0.2, 0.25) is 17.7 Å². The van der Waals surface area contributed by atoms with E-state index >= 15 is 0 Å². The second-order valence-electron chi connectivity index (χ2n) is 8.79. The normalized spacial score (nSPS) is 19.8. The summed E-state index contributed by atoms with van der Waals surface area (Å²) in [7, 11) is 0. The molecule has 0 saturated carbocycles. The second-order valence-corrected chi connectivity index (χ2v) is 8.79. The summed E-state index contributed by atoms with van der Waals surface area (Å²) in [6.07, 6.45) is 3.20. The fourth-order valence-electron chi connectivity index (χ4n) is 4.22. The van der Waals surface area contributed by atoms with Gasteiger partial charge in [0.1, 0.15) is 6.04 Å². The first-order chi connectivity index (χ1) is 15.3. The Hall–Kier alpha value is -2.90. The van der Waals surface area contributed by atoms with E-state index in [0.717, 1.165) is 32.4 Å². The van der Waals surface area contributed by atoms with Crippen LogP contribution >= 0.6 is 0 Å². The van der Waals surface area contributed by atoms with Crippen LogP contribution in [0.2, 0.25) is 0 Å². The van der Waals surface area contributed by atoms with Gasteiger partial charge in [0, 0.05) is 31.7 Å². The van der Waals surface area contributed by atoms with Gasteiger partial charge < -0.3 is 19.9 Å². The van der Waals surface area contributed by atoms with Gasteiger partial charge in [-0.25, -0.2) is 4.79 Å². The third kappa shape index (κ3) is 5.47. The van der Waals surface area contributed by atoms with E-state index in [1.54, 1.807) is 36.1 Å². The molecule has 1 aromatic rings. The lowest BCUT2D eigenvalue weighted by atomic mass is 9.99. The Kier molecular flexibility index (Phi) is 7.88. The standard InChI is InChI=1S/C24H33N3O5/c1-4-32-24(31)17-8-10-19(11-9-17)27-15-18(14-20(27)28)22(29)25-21(16(2)3)23(30)26-12-6-5-7-13-26/h8-11,16,18,21H,4-7,12-15H2,1-3H3,(H,25,29). The van der Waals surface area contributed by atoms with Gasteiger partial charge in [-0.2, -0.15) is 0 Å². The lowest BCUT2D eigenvalue weighted by Crippen LogP contribution is -2.53. The van der Waals surface area contributed by atoms with Gasteiger partial charge in [-0.3, -0.25) is 14.4 Å². The van der Waals surface area contributed by atoms with E-state index in [4.69, 9.17) is 4.74 Å². The number of likely N-dealkylation sites (tertiary alicyclic amines) is 1. The zero-order valence-corrected chi connectivity index (χ0v) is 19.1. The minimum absolute atomic E-state index is 0.0382. The van der Waals surface area contributed by atoms with Gasteiger partial charge in [0.05, 0.1) is 18.1 Å². The summed E-state index contributed by atoms with van der Waals surface area (Å²) in [5.41, 5.74) is 1.04. The lowest BCUT2D eigenvalue weighted by Gasteiger charge is -2.32. The average molecular weight is 444 g/mol. The molecule has 1 N–H and O–H groups in total. The van der Waals surface area contributed by atoms with Crippen molar-refractivity contribution in [1.82, 2.24) is 10.2 Å². The number of nitrogens with one attached hydrogen (secondary N) is 1. The summed E-state index contributed by atoms with van der Waals surface area (Å²) < 4.78 is 4.98. The first kappa shape index (κ1) is 23.8. The molecule has 0 aromatic heterocycles. The number of nitrogens with zero attached hydrogens (tertiary/aromatic N) is 2. The van der Waals surface area contributed by atoms with Gasteiger partial charge in [0.25, 0.3) is 0 Å². The van der Waals surface area contributed by atoms with Crippen molar-refractivity contribution in [3.05, 3.63) is 29.8 Å². The molecule has 3 rings (SSSR count). The van der Waals surface area contributed by atoms with Crippen LogP contribution in [0.5, 0.6) is 0 Å². The van der Waals surface area contributed by atoms with E-state index in [1.807, 2.05) is 18.7 Å². The molecule has 2 aliphatic heterocycles. The summed E-state index contributed by atoms with van der Waals surface area (Å²) in [6, 6.07) is 6.00. The Labute approximate surface area is 189 Å². The predicted octanol–water partition coefficient (Wildman–Crippen LogP) is 2.37. The number of esters is 1. The first-order valence-corrected chi connectivity index (χ1v) is 11.5. The van der Waals surface area contributed by atoms with E-state index in [0.29, 0.717) is 17.9 Å². The third-order valence-corrected chi connectivity index (χ3v) is 6.08. The number of benzene rings is 1. The molecule has 2 atom stereocenters. The quantitative estimate of drug-likeness (QED) is 0.653. The fourth-order valence-corrected chi connectivity index (χ4v) is 4.22.